The van der Waals surface area contributed by atoms with Crippen molar-refractivity contribution >= 4 is 21.4 Å². The van der Waals surface area contributed by atoms with Crippen molar-refractivity contribution in [2.75, 3.05) is 21.1 Å². The first-order chi connectivity index (χ1) is 13.2. The topological polar surface area (TPSA) is 28.2 Å². The van der Waals surface area contributed by atoms with E-state index in [0.717, 1.165) is 11.1 Å². The van der Waals surface area contributed by atoms with Crippen molar-refractivity contribution in [3.05, 3.63) is 0 Å². The molecule has 0 saturated carbocycles. The van der Waals surface area contributed by atoms with Gasteiger partial charge in [-0.05, 0) is 27.5 Å². The molecule has 0 bridgehead atoms. The Morgan fingerprint density at radius 1 is 0.759 bits per heavy atom. The summed E-state index contributed by atoms with van der Waals surface area (Å²) in [6.45, 7) is 1.30. The highest BCUT2D eigenvalue weighted by Gasteiger charge is 2.53. The molecule has 0 aromatic carbocycles. The number of hydrogen-bond donors (Lipinski definition) is 0. The van der Waals surface area contributed by atoms with Crippen LogP contribution in [-0.4, -0.2) is 81.7 Å². The molecule has 0 aromatic rings. The number of hydrogen-bond acceptors (Lipinski definition) is 5. The molecule has 2 unspecified atom stereocenters. The third-order valence-electron chi connectivity index (χ3n) is 4.47. The minimum absolute atomic E-state index is 0.434. The third-order valence-corrected chi connectivity index (χ3v) is 4.47. The molecule has 29 heavy (non-hydrogen) atoms. The Kier molecular flexibility index (Phi) is 9.72. The Bertz CT molecular complexity index is 467. The zero-order chi connectivity index (χ0) is 22.6. The van der Waals surface area contributed by atoms with E-state index >= 15 is 0 Å². The Morgan fingerprint density at radius 3 is 1.45 bits per heavy atom. The SMILES string of the molecule is CCCCB1N(C)B(OC(F)CC(F)(F)F)N(C)B(OC(F)CC(F)(F)F)N1C. The first-order valence-electron chi connectivity index (χ1n) is 9.04. The van der Waals surface area contributed by atoms with Crippen LogP contribution >= 0.6 is 0 Å². The lowest BCUT2D eigenvalue weighted by molar-refractivity contribution is -0.168. The smallest absolute Gasteiger partial charge is 0.379 e. The molecule has 0 spiro atoms. The molecule has 1 rings (SSSR count). The molecule has 0 aromatic heterocycles. The highest BCUT2D eigenvalue weighted by atomic mass is 19.4. The first-order valence-corrected chi connectivity index (χ1v) is 9.04. The van der Waals surface area contributed by atoms with Crippen molar-refractivity contribution in [3.63, 3.8) is 0 Å². The van der Waals surface area contributed by atoms with Crippen LogP contribution in [0.1, 0.15) is 32.6 Å². The van der Waals surface area contributed by atoms with Gasteiger partial charge in [-0.15, -0.1) is 0 Å². The highest BCUT2D eigenvalue weighted by molar-refractivity contribution is 6.82. The minimum atomic E-state index is -4.81. The molecule has 2 atom stereocenters. The summed E-state index contributed by atoms with van der Waals surface area (Å²) in [6.07, 6.45) is -16.9. The molecule has 0 N–H and O–H groups in total. The average Bonchev–Trinajstić information content (AvgIpc) is 2.52. The lowest BCUT2D eigenvalue weighted by atomic mass is 9.52. The van der Waals surface area contributed by atoms with Gasteiger partial charge in [-0.2, -0.15) is 26.3 Å². The van der Waals surface area contributed by atoms with E-state index in [-0.39, 0.29) is 0 Å². The van der Waals surface area contributed by atoms with Gasteiger partial charge < -0.3 is 23.5 Å². The van der Waals surface area contributed by atoms with Gasteiger partial charge in [-0.25, -0.2) is 8.78 Å². The van der Waals surface area contributed by atoms with Crippen molar-refractivity contribution in [1.82, 2.24) is 14.2 Å². The summed E-state index contributed by atoms with van der Waals surface area (Å²) in [5.41, 5.74) is 0. The maximum Gasteiger partial charge on any atom is 0.461 e. The molecule has 1 aliphatic rings. The molecule has 1 aliphatic heterocycles. The number of nitrogens with zero attached hydrogens (tertiary/aromatic N) is 3. The van der Waals surface area contributed by atoms with E-state index in [4.69, 9.17) is 9.31 Å². The Hall–Kier alpha value is -0.565. The van der Waals surface area contributed by atoms with Crippen LogP contribution < -0.4 is 0 Å². The Labute approximate surface area is 166 Å². The molecule has 1 saturated heterocycles. The molecular weight excluding hydrogens is 415 g/mol. The number of unbranched alkanes of at least 4 members (excludes halogenated alkanes) is 1. The second-order valence-corrected chi connectivity index (χ2v) is 7.00. The zero-order valence-corrected chi connectivity index (χ0v) is 16.6. The molecule has 0 amide bonds. The molecule has 1 fully saturated rings. The van der Waals surface area contributed by atoms with Gasteiger partial charge in [0.1, 0.15) is 0 Å². The summed E-state index contributed by atoms with van der Waals surface area (Å²) in [5.74, 6) is 0. The van der Waals surface area contributed by atoms with E-state index in [1.54, 1.807) is 0 Å². The van der Waals surface area contributed by atoms with Gasteiger partial charge in [0.05, 0.1) is 12.8 Å². The van der Waals surface area contributed by atoms with Crippen molar-refractivity contribution < 1.29 is 44.4 Å². The molecule has 1 heterocycles. The van der Waals surface area contributed by atoms with Crippen molar-refractivity contribution in [2.24, 2.45) is 0 Å². The van der Waals surface area contributed by atoms with Crippen LogP contribution in [0, 0.1) is 0 Å². The monoisotopic (exact) mass is 439 g/mol. The van der Waals surface area contributed by atoms with Crippen molar-refractivity contribution in [1.29, 1.82) is 0 Å². The van der Waals surface area contributed by atoms with Gasteiger partial charge in [0.25, 0.3) is 6.98 Å². The van der Waals surface area contributed by atoms with E-state index < -0.39 is 59.3 Å². The van der Waals surface area contributed by atoms with E-state index in [0.29, 0.717) is 12.7 Å². The van der Waals surface area contributed by atoms with Gasteiger partial charge in [0, 0.05) is 0 Å². The summed E-state index contributed by atoms with van der Waals surface area (Å²) >= 11 is 0. The second kappa shape index (κ2) is 10.6. The standard InChI is InChI=1S/C13H24B3F8N3O2/c1-5-6-7-14-25(2)15(28-10(17)8-12(19,20)21)27(4)16(26(14)3)29-11(18)9-13(22,23)24/h10-11H,5-9H2,1-4H3. The lowest BCUT2D eigenvalue weighted by Gasteiger charge is -2.48. The quantitative estimate of drug-likeness (QED) is 0.405. The largest absolute Gasteiger partial charge is 0.461 e. The molecule has 0 aliphatic carbocycles. The molecule has 168 valence electrons. The number of alkyl halides is 8. The van der Waals surface area contributed by atoms with E-state index in [2.05, 4.69) is 0 Å². The predicted octanol–water partition coefficient (Wildman–Crippen LogP) is 3.58. The zero-order valence-electron chi connectivity index (χ0n) is 16.6. The molecule has 16 heteroatoms. The fraction of sp³-hybridized carbons (Fsp3) is 1.00. The number of halogens is 8. The average molecular weight is 439 g/mol. The predicted molar refractivity (Wildman–Crippen MR) is 93.6 cm³/mol. The summed E-state index contributed by atoms with van der Waals surface area (Å²) in [6, 6.07) is 0. The van der Waals surface area contributed by atoms with Gasteiger partial charge in [-0.3, -0.25) is 0 Å². The van der Waals surface area contributed by atoms with Crippen LogP contribution in [0.15, 0.2) is 0 Å². The van der Waals surface area contributed by atoms with Crippen molar-refractivity contribution in [3.8, 4) is 0 Å². The summed E-state index contributed by atoms with van der Waals surface area (Å²) in [4.78, 5) is 0. The summed E-state index contributed by atoms with van der Waals surface area (Å²) < 4.78 is 116. The van der Waals surface area contributed by atoms with Gasteiger partial charge in [0.2, 0.25) is 0 Å². The van der Waals surface area contributed by atoms with Crippen LogP contribution in [-0.2, 0) is 9.31 Å². The van der Waals surface area contributed by atoms with Crippen LogP contribution in [0.25, 0.3) is 0 Å². The highest BCUT2D eigenvalue weighted by Crippen LogP contribution is 2.29. The van der Waals surface area contributed by atoms with E-state index in [1.807, 2.05) is 6.92 Å². The second-order valence-electron chi connectivity index (χ2n) is 7.00. The minimum Gasteiger partial charge on any atom is -0.379 e. The van der Waals surface area contributed by atoms with Gasteiger partial charge in [0.15, 0.2) is 12.7 Å². The summed E-state index contributed by atoms with van der Waals surface area (Å²) in [5, 5.41) is 0. The number of rotatable bonds is 9. The van der Waals surface area contributed by atoms with Crippen LogP contribution in [0.5, 0.6) is 0 Å². The third kappa shape index (κ3) is 8.60. The van der Waals surface area contributed by atoms with E-state index in [9.17, 15) is 35.1 Å². The molecular formula is C13H24B3F8N3O2. The van der Waals surface area contributed by atoms with Crippen LogP contribution in [0.2, 0.25) is 6.32 Å². The fourth-order valence-corrected chi connectivity index (χ4v) is 3.17. The Balaban J connectivity index is 3.01. The fourth-order valence-electron chi connectivity index (χ4n) is 3.17. The van der Waals surface area contributed by atoms with E-state index in [1.165, 1.54) is 30.6 Å². The van der Waals surface area contributed by atoms with Crippen LogP contribution in [0.4, 0.5) is 35.1 Å². The molecule has 5 nitrogen and oxygen atoms in total. The maximum atomic E-state index is 13.8. The maximum absolute atomic E-state index is 13.8. The normalized spacial score (nSPS) is 20.5. The van der Waals surface area contributed by atoms with Gasteiger partial charge >= 0.3 is 26.7 Å². The lowest BCUT2D eigenvalue weighted by Crippen LogP contribution is -2.76. The molecule has 0 radical (unpaired) electrons. The first kappa shape index (κ1) is 26.5. The van der Waals surface area contributed by atoms with Crippen LogP contribution in [0.3, 0.4) is 0 Å². The summed E-state index contributed by atoms with van der Waals surface area (Å²) in [7, 11) is 1.36. The van der Waals surface area contributed by atoms with Crippen molar-refractivity contribution in [2.45, 2.75) is 64.0 Å². The van der Waals surface area contributed by atoms with Gasteiger partial charge in [-0.1, -0.05) is 19.8 Å². The Morgan fingerprint density at radius 2 is 1.14 bits per heavy atom.